The van der Waals surface area contributed by atoms with Crippen LogP contribution in [0.4, 0.5) is 5.82 Å². The molecule has 33 heavy (non-hydrogen) atoms. The quantitative estimate of drug-likeness (QED) is 0.596. The molecule has 172 valence electrons. The average Bonchev–Trinajstić information content (AvgIpc) is 3.41. The van der Waals surface area contributed by atoms with E-state index in [2.05, 4.69) is 67.1 Å². The lowest BCUT2D eigenvalue weighted by atomic mass is 9.94. The first-order chi connectivity index (χ1) is 16.2. The van der Waals surface area contributed by atoms with Gasteiger partial charge >= 0.3 is 0 Å². The van der Waals surface area contributed by atoms with E-state index in [1.807, 2.05) is 18.2 Å². The number of thiophene rings is 1. The van der Waals surface area contributed by atoms with Gasteiger partial charge in [0, 0.05) is 44.7 Å². The first kappa shape index (κ1) is 22.0. The van der Waals surface area contributed by atoms with E-state index in [1.165, 1.54) is 5.56 Å². The van der Waals surface area contributed by atoms with E-state index in [0.717, 1.165) is 74.8 Å². The van der Waals surface area contributed by atoms with E-state index >= 15 is 0 Å². The van der Waals surface area contributed by atoms with Gasteiger partial charge < -0.3 is 10.2 Å². The maximum atomic E-state index is 12.9. The molecule has 4 heterocycles. The molecule has 0 aliphatic carbocycles. The van der Waals surface area contributed by atoms with Crippen molar-refractivity contribution in [2.75, 3.05) is 31.1 Å². The summed E-state index contributed by atoms with van der Waals surface area (Å²) < 4.78 is 0. The molecular weight excluding hydrogens is 430 g/mol. The van der Waals surface area contributed by atoms with E-state index < -0.39 is 0 Å². The van der Waals surface area contributed by atoms with Crippen LogP contribution < -0.4 is 10.2 Å². The van der Waals surface area contributed by atoms with E-state index in [9.17, 15) is 4.79 Å². The normalized spacial score (nSPS) is 18.4. The van der Waals surface area contributed by atoms with Crippen molar-refractivity contribution in [3.05, 3.63) is 65.5 Å². The molecule has 0 saturated carbocycles. The first-order valence-electron chi connectivity index (χ1n) is 11.9. The summed E-state index contributed by atoms with van der Waals surface area (Å²) in [7, 11) is 0. The van der Waals surface area contributed by atoms with Crippen molar-refractivity contribution >= 4 is 23.1 Å². The fourth-order valence-electron chi connectivity index (χ4n) is 4.82. The zero-order chi connectivity index (χ0) is 22.5. The van der Waals surface area contributed by atoms with Crippen LogP contribution in [0.1, 0.15) is 31.2 Å². The number of likely N-dealkylation sites (tertiary alicyclic amines) is 1. The maximum absolute atomic E-state index is 12.9. The Morgan fingerprint density at radius 2 is 1.70 bits per heavy atom. The Balaban J connectivity index is 1.05. The highest BCUT2D eigenvalue weighted by molar-refractivity contribution is 7.13. The Labute approximate surface area is 199 Å². The number of anilines is 1. The van der Waals surface area contributed by atoms with Crippen LogP contribution in [0.2, 0.25) is 0 Å². The zero-order valence-corrected chi connectivity index (χ0v) is 19.7. The second-order valence-electron chi connectivity index (χ2n) is 9.06. The highest BCUT2D eigenvalue weighted by atomic mass is 32.1. The highest BCUT2D eigenvalue weighted by Gasteiger charge is 2.28. The number of hydrogen-bond donors (Lipinski definition) is 1. The summed E-state index contributed by atoms with van der Waals surface area (Å²) in [5, 5.41) is 14.2. The third kappa shape index (κ3) is 5.60. The van der Waals surface area contributed by atoms with Crippen LogP contribution in [-0.2, 0) is 11.3 Å². The molecule has 1 aromatic carbocycles. The number of nitrogens with zero attached hydrogens (tertiary/aromatic N) is 4. The summed E-state index contributed by atoms with van der Waals surface area (Å²) in [4.78, 5) is 18.8. The maximum Gasteiger partial charge on any atom is 0.223 e. The molecule has 1 N–H and O–H groups in total. The minimum atomic E-state index is 0.0990. The summed E-state index contributed by atoms with van der Waals surface area (Å²) in [6, 6.07) is 19.1. The van der Waals surface area contributed by atoms with E-state index in [4.69, 9.17) is 0 Å². The van der Waals surface area contributed by atoms with Crippen LogP contribution in [0, 0.1) is 5.92 Å². The molecule has 5 rings (SSSR count). The van der Waals surface area contributed by atoms with Crippen molar-refractivity contribution in [2.24, 2.45) is 5.92 Å². The monoisotopic (exact) mass is 461 g/mol. The topological polar surface area (TPSA) is 61.4 Å². The number of aromatic nitrogens is 2. The smallest absolute Gasteiger partial charge is 0.223 e. The van der Waals surface area contributed by atoms with Gasteiger partial charge in [0.05, 0.1) is 4.88 Å². The zero-order valence-electron chi connectivity index (χ0n) is 18.9. The molecule has 3 aromatic rings. The van der Waals surface area contributed by atoms with Gasteiger partial charge in [0.2, 0.25) is 5.91 Å². The molecule has 6 nitrogen and oxygen atoms in total. The Hall–Kier alpha value is -2.77. The van der Waals surface area contributed by atoms with Crippen LogP contribution in [-0.4, -0.2) is 53.2 Å². The Bertz CT molecular complexity index is 1010. The molecule has 2 fully saturated rings. The van der Waals surface area contributed by atoms with Crippen LogP contribution in [0.25, 0.3) is 10.6 Å². The van der Waals surface area contributed by atoms with Crippen molar-refractivity contribution in [2.45, 2.75) is 38.3 Å². The Morgan fingerprint density at radius 3 is 2.36 bits per heavy atom. The molecule has 2 saturated heterocycles. The molecule has 2 aliphatic rings. The molecule has 0 spiro atoms. The number of hydrogen-bond acceptors (Lipinski definition) is 6. The molecule has 0 atom stereocenters. The molecule has 0 bridgehead atoms. The summed E-state index contributed by atoms with van der Waals surface area (Å²) in [5.41, 5.74) is 2.27. The number of benzene rings is 1. The van der Waals surface area contributed by atoms with Gasteiger partial charge in [0.15, 0.2) is 5.82 Å². The van der Waals surface area contributed by atoms with Crippen molar-refractivity contribution < 1.29 is 4.79 Å². The average molecular weight is 462 g/mol. The van der Waals surface area contributed by atoms with Gasteiger partial charge in [0.25, 0.3) is 0 Å². The van der Waals surface area contributed by atoms with Crippen LogP contribution in [0.3, 0.4) is 0 Å². The van der Waals surface area contributed by atoms with E-state index in [-0.39, 0.29) is 11.8 Å². The van der Waals surface area contributed by atoms with Crippen molar-refractivity contribution in [1.82, 2.24) is 20.4 Å². The second-order valence-corrected chi connectivity index (χ2v) is 10.0. The van der Waals surface area contributed by atoms with Crippen LogP contribution >= 0.6 is 11.3 Å². The van der Waals surface area contributed by atoms with Crippen molar-refractivity contribution in [3.8, 4) is 10.6 Å². The first-order valence-corrected chi connectivity index (χ1v) is 12.8. The predicted molar refractivity (Wildman–Crippen MR) is 133 cm³/mol. The molecule has 2 aromatic heterocycles. The number of carbonyl (C=O) groups excluding carboxylic acids is 1. The second kappa shape index (κ2) is 10.4. The Kier molecular flexibility index (Phi) is 6.98. The number of nitrogens with one attached hydrogen (secondary N) is 1. The van der Waals surface area contributed by atoms with E-state index in [1.54, 1.807) is 11.3 Å². The summed E-state index contributed by atoms with van der Waals surface area (Å²) in [6.45, 7) is 4.77. The largest absolute Gasteiger partial charge is 0.355 e. The van der Waals surface area contributed by atoms with Gasteiger partial charge in [-0.25, -0.2) is 0 Å². The van der Waals surface area contributed by atoms with Gasteiger partial charge in [-0.05, 0) is 54.8 Å². The highest BCUT2D eigenvalue weighted by Crippen LogP contribution is 2.26. The fraction of sp³-hybridized carbons (Fsp3) is 0.423. The number of piperidine rings is 2. The lowest BCUT2D eigenvalue weighted by Crippen LogP contribution is -2.48. The van der Waals surface area contributed by atoms with Gasteiger partial charge in [-0.1, -0.05) is 36.4 Å². The molecule has 0 radical (unpaired) electrons. The minimum Gasteiger partial charge on any atom is -0.355 e. The van der Waals surface area contributed by atoms with Crippen LogP contribution in [0.5, 0.6) is 0 Å². The summed E-state index contributed by atoms with van der Waals surface area (Å²) in [5.74, 6) is 1.23. The SMILES string of the molecule is O=C(NC1CCN(Cc2ccccc2)CC1)C1CCN(c2ccc(-c3cccs3)nn2)CC1. The van der Waals surface area contributed by atoms with Gasteiger partial charge in [-0.3, -0.25) is 9.69 Å². The minimum absolute atomic E-state index is 0.0990. The van der Waals surface area contributed by atoms with Crippen molar-refractivity contribution in [3.63, 3.8) is 0 Å². The lowest BCUT2D eigenvalue weighted by molar-refractivity contribution is -0.126. The van der Waals surface area contributed by atoms with Crippen LogP contribution in [0.15, 0.2) is 60.0 Å². The summed E-state index contributed by atoms with van der Waals surface area (Å²) in [6.07, 6.45) is 3.80. The van der Waals surface area contributed by atoms with Gasteiger partial charge in [-0.15, -0.1) is 21.5 Å². The standard InChI is InChI=1S/C26H31N5OS/c32-26(27-22-12-14-30(15-13-22)19-20-5-2-1-3-6-20)21-10-16-31(17-11-21)25-9-8-23(28-29-25)24-7-4-18-33-24/h1-9,18,21-22H,10-17,19H2,(H,27,32). The third-order valence-electron chi connectivity index (χ3n) is 6.80. The molecule has 2 aliphatic heterocycles. The third-order valence-corrected chi connectivity index (χ3v) is 7.69. The fourth-order valence-corrected chi connectivity index (χ4v) is 5.51. The number of carbonyl (C=O) groups is 1. The van der Waals surface area contributed by atoms with Gasteiger partial charge in [-0.2, -0.15) is 0 Å². The Morgan fingerprint density at radius 1 is 0.909 bits per heavy atom. The van der Waals surface area contributed by atoms with E-state index in [0.29, 0.717) is 6.04 Å². The lowest BCUT2D eigenvalue weighted by Gasteiger charge is -2.35. The number of amides is 1. The van der Waals surface area contributed by atoms with Crippen molar-refractivity contribution in [1.29, 1.82) is 0 Å². The molecule has 7 heteroatoms. The van der Waals surface area contributed by atoms with Gasteiger partial charge in [0.1, 0.15) is 5.69 Å². The molecule has 1 amide bonds. The summed E-state index contributed by atoms with van der Waals surface area (Å²) >= 11 is 1.67. The number of rotatable bonds is 6. The molecule has 0 unspecified atom stereocenters. The molecular formula is C26H31N5OS. The predicted octanol–water partition coefficient (Wildman–Crippen LogP) is 4.20.